The van der Waals surface area contributed by atoms with E-state index >= 15 is 0 Å². The van der Waals surface area contributed by atoms with Crippen molar-refractivity contribution in [1.82, 2.24) is 48.6 Å². The second-order valence-electron chi connectivity index (χ2n) is 36.5. The molecule has 0 aliphatic heterocycles. The molecule has 0 aliphatic rings. The fourth-order valence-electron chi connectivity index (χ4n) is 21.4. The zero-order chi connectivity index (χ0) is 94.8. The summed E-state index contributed by atoms with van der Waals surface area (Å²) in [5.41, 5.74) is 29.8. The van der Waals surface area contributed by atoms with Gasteiger partial charge in [0.15, 0.2) is 11.4 Å². The van der Waals surface area contributed by atoms with Gasteiger partial charge >= 0.3 is 0 Å². The molecule has 30 rings (SSSR count). The van der Waals surface area contributed by atoms with Crippen LogP contribution in [0, 0.1) is 0 Å². The molecule has 13 heteroatoms. The lowest BCUT2D eigenvalue weighted by Crippen LogP contribution is -2.02. The molecule has 13 nitrogen and oxygen atoms in total. The van der Waals surface area contributed by atoms with Crippen LogP contribution in [0.25, 0.3) is 282 Å². The maximum absolute atomic E-state index is 6.68. The number of furan rings is 3. The van der Waals surface area contributed by atoms with Gasteiger partial charge in [-0.1, -0.05) is 358 Å². The molecule has 0 N–H and O–H groups in total. The highest BCUT2D eigenvalue weighted by Crippen LogP contribution is 2.50. The Hall–Kier alpha value is -19.6. The first-order valence-electron chi connectivity index (χ1n) is 48.3. The summed E-state index contributed by atoms with van der Waals surface area (Å²) in [5.74, 6) is 2.06. The van der Waals surface area contributed by atoms with E-state index in [9.17, 15) is 0 Å². The lowest BCUT2D eigenvalue weighted by molar-refractivity contribution is 0.669. The van der Waals surface area contributed by atoms with Gasteiger partial charge in [0, 0.05) is 133 Å². The zero-order valence-corrected chi connectivity index (χ0v) is 77.4. The third-order valence-electron chi connectivity index (χ3n) is 28.1. The fourth-order valence-corrected chi connectivity index (χ4v) is 21.4. The fraction of sp³-hybridized carbons (Fsp3) is 0. The largest absolute Gasteiger partial charge is 0.456 e. The maximum Gasteiger partial charge on any atom is 0.234 e. The van der Waals surface area contributed by atoms with Gasteiger partial charge in [0.25, 0.3) is 0 Å². The first-order valence-corrected chi connectivity index (χ1v) is 48.3. The molecule has 0 saturated heterocycles. The third-order valence-corrected chi connectivity index (χ3v) is 28.1. The molecule has 0 atom stereocenters. The lowest BCUT2D eigenvalue weighted by Gasteiger charge is -2.12. The first-order chi connectivity index (χ1) is 71.4. The van der Waals surface area contributed by atoms with E-state index in [2.05, 4.69) is 372 Å². The van der Waals surface area contributed by atoms with E-state index < -0.39 is 0 Å². The molecule has 0 amide bonds. The van der Waals surface area contributed by atoms with Crippen LogP contribution in [0.3, 0.4) is 0 Å². The molecule has 0 unspecified atom stereocenters. The second-order valence-corrected chi connectivity index (χ2v) is 36.5. The van der Waals surface area contributed by atoms with Crippen molar-refractivity contribution in [3.63, 3.8) is 0 Å². The lowest BCUT2D eigenvalue weighted by atomic mass is 9.99. The number of para-hydroxylation sites is 5. The molecule has 11 heterocycles. The van der Waals surface area contributed by atoms with Crippen LogP contribution in [0.5, 0.6) is 0 Å². The van der Waals surface area contributed by atoms with Gasteiger partial charge in [-0.25, -0.2) is 34.9 Å². The highest BCUT2D eigenvalue weighted by Gasteiger charge is 2.28. The summed E-state index contributed by atoms with van der Waals surface area (Å²) in [6, 6.07) is 163. The molecule has 30 aromatic rings. The number of rotatable bonds is 12. The van der Waals surface area contributed by atoms with Gasteiger partial charge in [-0.05, 0) is 153 Å². The van der Waals surface area contributed by atoms with Gasteiger partial charge < -0.3 is 17.8 Å². The van der Waals surface area contributed by atoms with Crippen molar-refractivity contribution >= 4 is 164 Å². The number of hydrogen-bond donors (Lipinski definition) is 0. The van der Waals surface area contributed by atoms with Crippen molar-refractivity contribution in [1.29, 1.82) is 0 Å². The van der Waals surface area contributed by atoms with E-state index in [-0.39, 0.29) is 0 Å². The quantitative estimate of drug-likeness (QED) is 0.116. The van der Waals surface area contributed by atoms with Crippen molar-refractivity contribution in [3.05, 3.63) is 486 Å². The Morgan fingerprint density at radius 2 is 0.569 bits per heavy atom. The number of hydrogen-bond acceptors (Lipinski definition) is 10. The van der Waals surface area contributed by atoms with Crippen LogP contribution in [0.1, 0.15) is 0 Å². The van der Waals surface area contributed by atoms with E-state index in [0.717, 1.165) is 227 Å². The van der Waals surface area contributed by atoms with Crippen LogP contribution < -0.4 is 0 Å². The van der Waals surface area contributed by atoms with Crippen LogP contribution in [-0.4, -0.2) is 48.6 Å². The smallest absolute Gasteiger partial charge is 0.234 e. The van der Waals surface area contributed by atoms with Gasteiger partial charge in [0.05, 0.1) is 67.1 Å². The van der Waals surface area contributed by atoms with Crippen molar-refractivity contribution in [2.24, 2.45) is 0 Å². The Labute approximate surface area is 824 Å². The molecule has 0 spiro atoms. The minimum atomic E-state index is 0.558. The molecule has 0 aliphatic carbocycles. The topological polar surface area (TPSA) is 144 Å². The molecule has 0 saturated carbocycles. The molecule has 144 heavy (non-hydrogen) atoms. The van der Waals surface area contributed by atoms with Gasteiger partial charge in [-0.15, -0.1) is 0 Å². The standard InChI is InChI=1S/C45H28N2O.C44H27N3O.C42H25N5O/c1-3-11-30(12-4-1)40-24-34(25-41(46-40)31-13-5-2-6-14-31)29-19-21-35(22-20-29)47-42-26-33-16-8-7-15-32(33)23-37(42)38-28-45-39(27-43(38)47)36-17-9-10-18-44(36)48-45;1-3-13-28(14-4-1)36-25-31(26-37(46-36)29-15-5-2-6-16-29)30-23-24-40(45-27-30)47-38-21-11-9-19-34(38)42-43(47)33-18-8-7-17-32(33)41-35-20-10-12-22-39(35)48-44(41)42;1-3-13-26(14-4-1)33-23-34(46-41(45-33)27-15-5-2-6-16-27)28-24-43-42(44-25-28)47-35-21-11-9-19-31(35)37-29-17-7-8-18-30(29)38-32-20-10-12-22-36(32)48-40(38)39(37)47/h1-28H;1-27H;1-25H. The normalized spacial score (nSPS) is 11.8. The predicted octanol–water partition coefficient (Wildman–Crippen LogP) is 34.3. The number of benzene rings is 19. The average molecular weight is 1840 g/mol. The molecule has 672 valence electrons. The molecular weight excluding hydrogens is 1760 g/mol. The highest BCUT2D eigenvalue weighted by atomic mass is 16.3. The second kappa shape index (κ2) is 34.2. The van der Waals surface area contributed by atoms with Crippen molar-refractivity contribution in [3.8, 4) is 119 Å². The molecule has 0 bridgehead atoms. The van der Waals surface area contributed by atoms with E-state index in [1.54, 1.807) is 0 Å². The van der Waals surface area contributed by atoms with E-state index in [4.69, 9.17) is 48.1 Å². The molecule has 0 fully saturated rings. The minimum Gasteiger partial charge on any atom is -0.456 e. The summed E-state index contributed by atoms with van der Waals surface area (Å²) in [6.45, 7) is 0. The van der Waals surface area contributed by atoms with E-state index in [1.165, 1.54) is 43.2 Å². The zero-order valence-electron chi connectivity index (χ0n) is 77.4. The van der Waals surface area contributed by atoms with E-state index in [1.807, 2.05) is 128 Å². The number of pyridine rings is 3. The maximum atomic E-state index is 6.68. The minimum absolute atomic E-state index is 0.558. The van der Waals surface area contributed by atoms with Crippen molar-refractivity contribution in [2.75, 3.05) is 0 Å². The van der Waals surface area contributed by atoms with Gasteiger partial charge in [0.1, 0.15) is 39.2 Å². The summed E-state index contributed by atoms with van der Waals surface area (Å²) in [6.07, 6.45) is 5.69. The monoisotopic (exact) mass is 1840 g/mol. The Kier molecular flexibility index (Phi) is 19.6. The summed E-state index contributed by atoms with van der Waals surface area (Å²) in [7, 11) is 0. The highest BCUT2D eigenvalue weighted by molar-refractivity contribution is 6.37. The number of fused-ring (bicyclic) bond motifs is 27. The van der Waals surface area contributed by atoms with Crippen LogP contribution in [0.15, 0.2) is 499 Å². The van der Waals surface area contributed by atoms with Crippen LogP contribution in [0.2, 0.25) is 0 Å². The number of aromatic nitrogens is 10. The molecule has 19 aromatic carbocycles. The van der Waals surface area contributed by atoms with E-state index in [0.29, 0.717) is 11.8 Å². The van der Waals surface area contributed by atoms with Crippen LogP contribution in [0.4, 0.5) is 0 Å². The Morgan fingerprint density at radius 3 is 1.11 bits per heavy atom. The first kappa shape index (κ1) is 82.6. The Morgan fingerprint density at radius 1 is 0.181 bits per heavy atom. The van der Waals surface area contributed by atoms with Crippen LogP contribution in [-0.2, 0) is 0 Å². The van der Waals surface area contributed by atoms with Gasteiger partial charge in [0.2, 0.25) is 5.95 Å². The summed E-state index contributed by atoms with van der Waals surface area (Å²) in [4.78, 5) is 35.2. The summed E-state index contributed by atoms with van der Waals surface area (Å²) >= 11 is 0. The van der Waals surface area contributed by atoms with Crippen molar-refractivity contribution < 1.29 is 13.3 Å². The Balaban J connectivity index is 0.000000105. The Bertz CT molecular complexity index is 10100. The van der Waals surface area contributed by atoms with Crippen molar-refractivity contribution in [2.45, 2.75) is 0 Å². The van der Waals surface area contributed by atoms with Crippen LogP contribution >= 0.6 is 0 Å². The SMILES string of the molecule is c1ccc(-c2cc(-c3ccc(-n4c5cc6ccccc6cc5c5cc6oc7ccccc7c6cc54)cc3)cc(-c3ccccc3)n2)cc1.c1ccc(-c2cc(-c3ccc(-n4c5ccccc5c5c6oc7ccccc7c6c6ccccc6c54)nc3)cc(-c3ccccc3)n2)cc1.c1ccc(-c2cc(-c3cnc(-n4c5ccccc5c5c6ccccc6c6c7ccccc7oc6c54)nc3)nc(-c3ccccc3)n2)cc1. The predicted molar refractivity (Wildman–Crippen MR) is 590 cm³/mol. The summed E-state index contributed by atoms with van der Waals surface area (Å²) < 4.78 is 26.5. The number of nitrogens with zero attached hydrogens (tertiary/aromatic N) is 10. The molecule has 11 aromatic heterocycles. The third kappa shape index (κ3) is 14.0. The molecule has 0 radical (unpaired) electrons. The average Bonchev–Trinajstić information content (AvgIpc) is 1.54. The van der Waals surface area contributed by atoms with Gasteiger partial charge in [-0.2, -0.15) is 0 Å². The van der Waals surface area contributed by atoms with Gasteiger partial charge in [-0.3, -0.25) is 9.13 Å². The molecular formula is C131H80N10O3. The summed E-state index contributed by atoms with van der Waals surface area (Å²) in [5, 5.41) is 20.7.